The minimum absolute atomic E-state index is 0.155. The summed E-state index contributed by atoms with van der Waals surface area (Å²) in [4.78, 5) is 0. The fourth-order valence-electron chi connectivity index (χ4n) is 1.82. The molecule has 0 aliphatic carbocycles. The molecular formula is C11H24N2O3S. The molecule has 1 saturated heterocycles. The van der Waals surface area contributed by atoms with Crippen molar-refractivity contribution in [2.24, 2.45) is 5.92 Å². The van der Waals surface area contributed by atoms with Crippen molar-refractivity contribution >= 4 is 10.2 Å². The molecule has 0 saturated carbocycles. The number of aliphatic hydroxyl groups excluding tert-OH is 1. The van der Waals surface area contributed by atoms with Gasteiger partial charge < -0.3 is 5.11 Å². The zero-order valence-corrected chi connectivity index (χ0v) is 11.8. The van der Waals surface area contributed by atoms with Crippen molar-refractivity contribution in [1.29, 1.82) is 0 Å². The van der Waals surface area contributed by atoms with Crippen LogP contribution in [-0.2, 0) is 10.2 Å². The monoisotopic (exact) mass is 264 g/mol. The zero-order valence-electron chi connectivity index (χ0n) is 10.9. The molecule has 1 aliphatic rings. The summed E-state index contributed by atoms with van der Waals surface area (Å²) < 4.78 is 28.4. The zero-order chi connectivity index (χ0) is 13.1. The number of nitrogens with one attached hydrogen (secondary N) is 1. The molecule has 5 nitrogen and oxygen atoms in total. The molecule has 0 aromatic rings. The van der Waals surface area contributed by atoms with Crippen LogP contribution < -0.4 is 4.72 Å². The molecule has 2 N–H and O–H groups in total. The third kappa shape index (κ3) is 4.21. The van der Waals surface area contributed by atoms with E-state index >= 15 is 0 Å². The highest BCUT2D eigenvalue weighted by atomic mass is 32.2. The van der Waals surface area contributed by atoms with Gasteiger partial charge in [-0.2, -0.15) is 17.4 Å². The lowest BCUT2D eigenvalue weighted by Gasteiger charge is -2.33. The summed E-state index contributed by atoms with van der Waals surface area (Å²) >= 11 is 0. The number of nitrogens with zero attached hydrogens (tertiary/aromatic N) is 1. The van der Waals surface area contributed by atoms with Crippen LogP contribution in [0.5, 0.6) is 0 Å². The van der Waals surface area contributed by atoms with Gasteiger partial charge in [-0.15, -0.1) is 0 Å². The third-order valence-electron chi connectivity index (χ3n) is 3.46. The van der Waals surface area contributed by atoms with Gasteiger partial charge in [-0.05, 0) is 39.0 Å². The van der Waals surface area contributed by atoms with Gasteiger partial charge in [0, 0.05) is 25.2 Å². The topological polar surface area (TPSA) is 69.6 Å². The highest BCUT2D eigenvalue weighted by Gasteiger charge is 2.31. The number of hydrogen-bond acceptors (Lipinski definition) is 3. The molecule has 17 heavy (non-hydrogen) atoms. The Balaban J connectivity index is 2.61. The SMILES string of the molecule is CCC(C)(C)NS(=O)(=O)N1CCC(CO)CC1. The van der Waals surface area contributed by atoms with Crippen LogP contribution in [0.3, 0.4) is 0 Å². The Hall–Kier alpha value is -0.170. The second-order valence-corrected chi connectivity index (χ2v) is 7.04. The maximum atomic E-state index is 12.1. The van der Waals surface area contributed by atoms with Crippen LogP contribution in [0.4, 0.5) is 0 Å². The summed E-state index contributed by atoms with van der Waals surface area (Å²) in [5.41, 5.74) is -0.410. The Labute approximate surface area is 104 Å². The molecule has 0 unspecified atom stereocenters. The molecule has 6 heteroatoms. The predicted octanol–water partition coefficient (Wildman–Crippen LogP) is 0.714. The summed E-state index contributed by atoms with van der Waals surface area (Å²) in [6.45, 7) is 6.87. The lowest BCUT2D eigenvalue weighted by atomic mass is 10.00. The van der Waals surface area contributed by atoms with Gasteiger partial charge in [0.25, 0.3) is 10.2 Å². The Kier molecular flexibility index (Phi) is 4.95. The van der Waals surface area contributed by atoms with Crippen LogP contribution in [0.25, 0.3) is 0 Å². The van der Waals surface area contributed by atoms with E-state index in [4.69, 9.17) is 5.11 Å². The summed E-state index contributed by atoms with van der Waals surface area (Å²) in [5, 5.41) is 9.02. The minimum atomic E-state index is -3.38. The standard InChI is InChI=1S/C11H24N2O3S/c1-4-11(2,3)12-17(15,16)13-7-5-10(9-14)6-8-13/h10,12,14H,4-9H2,1-3H3. The lowest BCUT2D eigenvalue weighted by molar-refractivity contribution is 0.168. The molecule has 0 atom stereocenters. The normalized spacial score (nSPS) is 20.7. The minimum Gasteiger partial charge on any atom is -0.396 e. The van der Waals surface area contributed by atoms with Crippen LogP contribution in [0, 0.1) is 5.92 Å². The summed E-state index contributed by atoms with van der Waals surface area (Å²) in [6, 6.07) is 0. The van der Waals surface area contributed by atoms with Crippen molar-refractivity contribution in [2.75, 3.05) is 19.7 Å². The van der Waals surface area contributed by atoms with Crippen LogP contribution in [0.2, 0.25) is 0 Å². The van der Waals surface area contributed by atoms with E-state index in [0.29, 0.717) is 13.1 Å². The quantitative estimate of drug-likeness (QED) is 0.768. The third-order valence-corrected chi connectivity index (χ3v) is 5.32. The maximum absolute atomic E-state index is 12.1. The smallest absolute Gasteiger partial charge is 0.279 e. The molecule has 1 rings (SSSR count). The average molecular weight is 264 g/mol. The van der Waals surface area contributed by atoms with E-state index in [9.17, 15) is 8.42 Å². The van der Waals surface area contributed by atoms with Crippen molar-refractivity contribution in [3.05, 3.63) is 0 Å². The van der Waals surface area contributed by atoms with Gasteiger partial charge in [0.1, 0.15) is 0 Å². The summed E-state index contributed by atoms with van der Waals surface area (Å²) in [7, 11) is -3.38. The average Bonchev–Trinajstić information content (AvgIpc) is 2.28. The first-order valence-corrected chi connectivity index (χ1v) is 7.64. The summed E-state index contributed by atoms with van der Waals surface area (Å²) in [6.07, 6.45) is 2.23. The van der Waals surface area contributed by atoms with E-state index in [0.717, 1.165) is 19.3 Å². The van der Waals surface area contributed by atoms with Gasteiger partial charge >= 0.3 is 0 Å². The van der Waals surface area contributed by atoms with Crippen LogP contribution in [0.1, 0.15) is 40.0 Å². The van der Waals surface area contributed by atoms with E-state index in [1.165, 1.54) is 4.31 Å². The van der Waals surface area contributed by atoms with Crippen molar-refractivity contribution in [3.63, 3.8) is 0 Å². The highest BCUT2D eigenvalue weighted by molar-refractivity contribution is 7.87. The fraction of sp³-hybridized carbons (Fsp3) is 1.00. The number of rotatable bonds is 5. The van der Waals surface area contributed by atoms with Gasteiger partial charge in [0.2, 0.25) is 0 Å². The molecule has 1 aliphatic heterocycles. The molecule has 0 bridgehead atoms. The fourth-order valence-corrected chi connectivity index (χ4v) is 3.48. The van der Waals surface area contributed by atoms with Gasteiger partial charge in [0.05, 0.1) is 0 Å². The Morgan fingerprint density at radius 1 is 1.35 bits per heavy atom. The lowest BCUT2D eigenvalue weighted by Crippen LogP contribution is -2.52. The molecule has 0 aromatic heterocycles. The first-order valence-electron chi connectivity index (χ1n) is 6.20. The van der Waals surface area contributed by atoms with E-state index in [1.807, 2.05) is 20.8 Å². The molecule has 0 aromatic carbocycles. The Morgan fingerprint density at radius 2 is 1.88 bits per heavy atom. The van der Waals surface area contributed by atoms with Crippen molar-refractivity contribution in [2.45, 2.75) is 45.6 Å². The molecule has 1 fully saturated rings. The van der Waals surface area contributed by atoms with Gasteiger partial charge in [-0.1, -0.05) is 6.92 Å². The molecule has 0 amide bonds. The van der Waals surface area contributed by atoms with E-state index in [-0.39, 0.29) is 12.5 Å². The Morgan fingerprint density at radius 3 is 2.29 bits per heavy atom. The van der Waals surface area contributed by atoms with Crippen LogP contribution in [-0.4, -0.2) is 43.1 Å². The second-order valence-electron chi connectivity index (χ2n) is 5.37. The molecular weight excluding hydrogens is 240 g/mol. The molecule has 102 valence electrons. The van der Waals surface area contributed by atoms with E-state index in [2.05, 4.69) is 4.72 Å². The van der Waals surface area contributed by atoms with E-state index in [1.54, 1.807) is 0 Å². The highest BCUT2D eigenvalue weighted by Crippen LogP contribution is 2.20. The largest absolute Gasteiger partial charge is 0.396 e. The van der Waals surface area contributed by atoms with Gasteiger partial charge in [-0.25, -0.2) is 0 Å². The van der Waals surface area contributed by atoms with Crippen molar-refractivity contribution < 1.29 is 13.5 Å². The maximum Gasteiger partial charge on any atom is 0.279 e. The number of aliphatic hydroxyl groups is 1. The van der Waals surface area contributed by atoms with Crippen molar-refractivity contribution in [1.82, 2.24) is 9.03 Å². The molecule has 1 heterocycles. The van der Waals surface area contributed by atoms with Gasteiger partial charge in [0.15, 0.2) is 0 Å². The first-order chi connectivity index (χ1) is 7.80. The second kappa shape index (κ2) is 5.65. The molecule has 0 spiro atoms. The number of hydrogen-bond donors (Lipinski definition) is 2. The van der Waals surface area contributed by atoms with Crippen LogP contribution >= 0.6 is 0 Å². The van der Waals surface area contributed by atoms with Crippen molar-refractivity contribution in [3.8, 4) is 0 Å². The Bertz CT molecular complexity index is 333. The van der Waals surface area contributed by atoms with Crippen LogP contribution in [0.15, 0.2) is 0 Å². The summed E-state index contributed by atoms with van der Waals surface area (Å²) in [5.74, 6) is 0.251. The number of piperidine rings is 1. The molecule has 0 radical (unpaired) electrons. The first kappa shape index (κ1) is 14.9. The van der Waals surface area contributed by atoms with E-state index < -0.39 is 15.7 Å². The predicted molar refractivity (Wildman–Crippen MR) is 67.8 cm³/mol. The van der Waals surface area contributed by atoms with Gasteiger partial charge in [-0.3, -0.25) is 0 Å².